The molecular formula is C32H38N10O2S. The van der Waals surface area contributed by atoms with E-state index < -0.39 is 5.41 Å². The number of nitrogens with one attached hydrogen (secondary N) is 1. The minimum atomic E-state index is -0.426. The largest absolute Gasteiger partial charge is 0.389 e. The molecule has 8 rings (SSSR count). The summed E-state index contributed by atoms with van der Waals surface area (Å²) in [6, 6.07) is 2.86. The fraction of sp³-hybridized carbons (Fsp3) is 0.562. The van der Waals surface area contributed by atoms with Gasteiger partial charge in [0.05, 0.1) is 35.1 Å². The van der Waals surface area contributed by atoms with Gasteiger partial charge in [-0.3, -0.25) is 4.79 Å². The Morgan fingerprint density at radius 2 is 2.04 bits per heavy atom. The van der Waals surface area contributed by atoms with Crippen molar-refractivity contribution in [3.63, 3.8) is 0 Å². The van der Waals surface area contributed by atoms with Gasteiger partial charge >= 0.3 is 0 Å². The first kappa shape index (κ1) is 28.5. The van der Waals surface area contributed by atoms with E-state index in [0.29, 0.717) is 47.0 Å². The quantitative estimate of drug-likeness (QED) is 0.340. The summed E-state index contributed by atoms with van der Waals surface area (Å²) in [5, 5.41) is 24.1. The molecule has 1 spiro atoms. The molecule has 3 N–H and O–H groups in total. The molecule has 0 aromatic carbocycles. The predicted octanol–water partition coefficient (Wildman–Crippen LogP) is 3.94. The zero-order valence-electron chi connectivity index (χ0n) is 25.8. The highest BCUT2D eigenvalue weighted by molar-refractivity contribution is 7.16. The fourth-order valence-corrected chi connectivity index (χ4v) is 9.63. The number of carbonyl (C=O) groups is 1. The van der Waals surface area contributed by atoms with E-state index in [1.54, 1.807) is 11.3 Å². The van der Waals surface area contributed by atoms with Crippen LogP contribution in [0.15, 0.2) is 10.7 Å². The number of hydrogen-bond donors (Lipinski definition) is 2. The number of nitrogens with two attached hydrogens (primary N) is 1. The van der Waals surface area contributed by atoms with Crippen molar-refractivity contribution in [3.8, 4) is 17.6 Å². The standard InChI is InChI=1S/C32H38N10O2S/c1-18(22-8-5-13-40(22)2)42-31-21(16-36-42)30(41-14-6-12-35-24(43)17-41)37-29(38-31)26-19-7-3-10-32(27(19)44-39-26)11-4-9-23-25(32)20(15-33)28(34)45-23/h16,18,22H,3-14,17,34H2,1-2H3,(H,35,43)/t18-,22-,32-/m0/s1. The van der Waals surface area contributed by atoms with Gasteiger partial charge in [0.15, 0.2) is 22.9 Å². The van der Waals surface area contributed by atoms with E-state index in [9.17, 15) is 10.1 Å². The molecule has 2 aliphatic heterocycles. The van der Waals surface area contributed by atoms with Crippen molar-refractivity contribution in [2.75, 3.05) is 43.9 Å². The fourth-order valence-electron chi connectivity index (χ4n) is 8.47. The molecule has 4 aromatic heterocycles. The van der Waals surface area contributed by atoms with Crippen LogP contribution >= 0.6 is 11.3 Å². The average Bonchev–Trinajstić information content (AvgIpc) is 3.80. The number of nitrogens with zero attached hydrogens (tertiary/aromatic N) is 8. The van der Waals surface area contributed by atoms with Gasteiger partial charge in [0.2, 0.25) is 5.91 Å². The molecule has 4 aliphatic rings. The number of anilines is 2. The number of amides is 1. The summed E-state index contributed by atoms with van der Waals surface area (Å²) in [7, 11) is 2.18. The molecule has 45 heavy (non-hydrogen) atoms. The van der Waals surface area contributed by atoms with Gasteiger partial charge in [-0.2, -0.15) is 10.4 Å². The summed E-state index contributed by atoms with van der Waals surface area (Å²) in [5.41, 5.74) is 9.97. The van der Waals surface area contributed by atoms with Gasteiger partial charge < -0.3 is 25.4 Å². The number of rotatable bonds is 4. The van der Waals surface area contributed by atoms with E-state index in [0.717, 1.165) is 92.3 Å². The minimum absolute atomic E-state index is 0.0219. The van der Waals surface area contributed by atoms with Crippen LogP contribution in [0.1, 0.15) is 85.2 Å². The maximum atomic E-state index is 12.7. The molecule has 0 saturated carbocycles. The Hall–Kier alpha value is -4.02. The van der Waals surface area contributed by atoms with Crippen LogP contribution < -0.4 is 16.0 Å². The van der Waals surface area contributed by atoms with Crippen molar-refractivity contribution in [2.45, 2.75) is 82.2 Å². The lowest BCUT2D eigenvalue weighted by Crippen LogP contribution is -2.35. The number of aryl methyl sites for hydroxylation is 1. The van der Waals surface area contributed by atoms with Crippen molar-refractivity contribution in [2.24, 2.45) is 0 Å². The lowest BCUT2D eigenvalue weighted by molar-refractivity contribution is -0.119. The smallest absolute Gasteiger partial charge is 0.239 e. The first-order valence-corrected chi connectivity index (χ1v) is 17.0. The molecule has 0 bridgehead atoms. The van der Waals surface area contributed by atoms with E-state index in [2.05, 4.69) is 35.4 Å². The molecule has 4 aromatic rings. The number of nitriles is 1. The van der Waals surface area contributed by atoms with Crippen LogP contribution in [0.5, 0.6) is 0 Å². The zero-order valence-corrected chi connectivity index (χ0v) is 26.6. The van der Waals surface area contributed by atoms with Gasteiger partial charge in [0, 0.05) is 29.6 Å². The van der Waals surface area contributed by atoms with Crippen LogP contribution in [-0.4, -0.2) is 75.0 Å². The first-order valence-electron chi connectivity index (χ1n) is 16.2. The van der Waals surface area contributed by atoms with Crippen LogP contribution in [0.25, 0.3) is 22.6 Å². The highest BCUT2D eigenvalue weighted by atomic mass is 32.1. The van der Waals surface area contributed by atoms with Gasteiger partial charge in [-0.25, -0.2) is 14.6 Å². The van der Waals surface area contributed by atoms with E-state index in [1.165, 1.54) is 4.88 Å². The van der Waals surface area contributed by atoms with E-state index in [1.807, 2.05) is 15.8 Å². The van der Waals surface area contributed by atoms with Crippen molar-refractivity contribution in [1.29, 1.82) is 5.26 Å². The number of likely N-dealkylation sites (N-methyl/N-ethyl adjacent to an activating group) is 1. The number of fused-ring (bicyclic) bond motifs is 5. The Balaban J connectivity index is 1.30. The molecule has 2 saturated heterocycles. The van der Waals surface area contributed by atoms with Gasteiger partial charge in [-0.05, 0) is 83.9 Å². The van der Waals surface area contributed by atoms with Crippen molar-refractivity contribution < 1.29 is 9.32 Å². The van der Waals surface area contributed by atoms with Crippen LogP contribution in [0.3, 0.4) is 0 Å². The average molecular weight is 627 g/mol. The molecule has 234 valence electrons. The maximum absolute atomic E-state index is 12.7. The van der Waals surface area contributed by atoms with Gasteiger partial charge in [0.1, 0.15) is 16.9 Å². The maximum Gasteiger partial charge on any atom is 0.239 e. The third kappa shape index (κ3) is 4.36. The minimum Gasteiger partial charge on any atom is -0.389 e. The molecule has 3 atom stereocenters. The SMILES string of the molecule is C[C@@H]([C@@H]1CCCN1C)n1ncc2c(N3CCCNC(=O)C3)nc(-c3noc4c3CCC[C@@]43CCCc4sc(N)c(C#N)c43)nc21. The molecule has 13 heteroatoms. The summed E-state index contributed by atoms with van der Waals surface area (Å²) in [4.78, 5) is 28.6. The second-order valence-corrected chi connectivity index (χ2v) is 14.3. The van der Waals surface area contributed by atoms with Crippen molar-refractivity contribution in [3.05, 3.63) is 33.5 Å². The molecule has 1 amide bonds. The predicted molar refractivity (Wildman–Crippen MR) is 171 cm³/mol. The highest BCUT2D eigenvalue weighted by Gasteiger charge is 2.49. The van der Waals surface area contributed by atoms with Gasteiger partial charge in [-0.15, -0.1) is 11.3 Å². The van der Waals surface area contributed by atoms with Crippen LogP contribution in [0.4, 0.5) is 10.8 Å². The topological polar surface area (TPSA) is 155 Å². The molecule has 2 aliphatic carbocycles. The molecule has 0 unspecified atom stereocenters. The van der Waals surface area contributed by atoms with Crippen molar-refractivity contribution in [1.82, 2.24) is 35.1 Å². The number of thiophene rings is 1. The second-order valence-electron chi connectivity index (χ2n) is 13.1. The van der Waals surface area contributed by atoms with Crippen molar-refractivity contribution >= 4 is 39.1 Å². The number of carbonyl (C=O) groups excluding carboxylic acids is 1. The molecular weight excluding hydrogens is 588 g/mol. The molecule has 12 nitrogen and oxygen atoms in total. The summed E-state index contributed by atoms with van der Waals surface area (Å²) in [5.74, 6) is 1.99. The summed E-state index contributed by atoms with van der Waals surface area (Å²) in [6.07, 6.45) is 10.4. The van der Waals surface area contributed by atoms with Gasteiger partial charge in [0.25, 0.3) is 0 Å². The molecule has 2 fully saturated rings. The van der Waals surface area contributed by atoms with Crippen LogP contribution in [-0.2, 0) is 23.1 Å². The summed E-state index contributed by atoms with van der Waals surface area (Å²) in [6.45, 7) is 4.83. The number of aromatic nitrogens is 5. The third-order valence-electron chi connectivity index (χ3n) is 10.6. The van der Waals surface area contributed by atoms with E-state index in [4.69, 9.17) is 25.3 Å². The summed E-state index contributed by atoms with van der Waals surface area (Å²) >= 11 is 1.54. The highest BCUT2D eigenvalue weighted by Crippen LogP contribution is 2.55. The van der Waals surface area contributed by atoms with E-state index in [-0.39, 0.29) is 18.5 Å². The molecule has 0 radical (unpaired) electrons. The first-order chi connectivity index (χ1) is 21.9. The lowest BCUT2D eigenvalue weighted by Gasteiger charge is -2.39. The Labute approximate surface area is 265 Å². The van der Waals surface area contributed by atoms with Crippen LogP contribution in [0, 0.1) is 11.3 Å². The van der Waals surface area contributed by atoms with E-state index >= 15 is 0 Å². The lowest BCUT2D eigenvalue weighted by atomic mass is 9.63. The Kier molecular flexibility index (Phi) is 6.83. The Bertz CT molecular complexity index is 1850. The number of nitrogen functional groups attached to an aromatic ring is 1. The number of likely N-dealkylation sites (tertiary alicyclic amines) is 1. The van der Waals surface area contributed by atoms with Crippen LogP contribution in [0.2, 0.25) is 0 Å². The Morgan fingerprint density at radius 1 is 1.20 bits per heavy atom. The summed E-state index contributed by atoms with van der Waals surface area (Å²) < 4.78 is 8.34. The van der Waals surface area contributed by atoms with Gasteiger partial charge in [-0.1, -0.05) is 5.16 Å². The second kappa shape index (κ2) is 10.8. The number of hydrogen-bond acceptors (Lipinski definition) is 11. The Morgan fingerprint density at radius 3 is 2.84 bits per heavy atom. The normalized spacial score (nSPS) is 24.3. The molecule has 6 heterocycles. The zero-order chi connectivity index (χ0) is 30.9. The third-order valence-corrected chi connectivity index (χ3v) is 11.7. The monoisotopic (exact) mass is 626 g/mol.